The zero-order valence-electron chi connectivity index (χ0n) is 14.5. The Morgan fingerprint density at radius 3 is 2.52 bits per heavy atom. The Morgan fingerprint density at radius 1 is 1.32 bits per heavy atom. The number of pyridine rings is 1. The molecule has 1 N–H and O–H groups in total. The molecule has 1 heterocycles. The number of ether oxygens (including phenoxy) is 1. The van der Waals surface area contributed by atoms with Crippen molar-refractivity contribution in [3.8, 4) is 17.7 Å². The molecule has 0 aliphatic rings. The number of aromatic nitrogens is 1. The van der Waals surface area contributed by atoms with Crippen LogP contribution in [0.1, 0.15) is 46.8 Å². The van der Waals surface area contributed by atoms with Crippen LogP contribution in [-0.4, -0.2) is 22.1 Å². The molecule has 0 atom stereocenters. The normalized spacial score (nSPS) is 10.3. The van der Waals surface area contributed by atoms with Crippen molar-refractivity contribution in [1.29, 1.82) is 5.26 Å². The molecule has 0 radical (unpaired) electrons. The van der Waals surface area contributed by atoms with Gasteiger partial charge in [-0.05, 0) is 43.2 Å². The SMILES string of the molecule is CCCCOc1ccc(C(=O)c2c(C)c(C#N)c(=O)n(C)c2O)cc1. The Labute approximate surface area is 145 Å². The van der Waals surface area contributed by atoms with Crippen LogP contribution in [0.15, 0.2) is 29.1 Å². The average Bonchev–Trinajstić information content (AvgIpc) is 2.61. The molecule has 6 nitrogen and oxygen atoms in total. The van der Waals surface area contributed by atoms with Crippen LogP contribution in [0.25, 0.3) is 0 Å². The van der Waals surface area contributed by atoms with E-state index in [4.69, 9.17) is 10.00 Å². The van der Waals surface area contributed by atoms with Crippen LogP contribution in [0, 0.1) is 18.3 Å². The van der Waals surface area contributed by atoms with Crippen LogP contribution in [0.2, 0.25) is 0 Å². The maximum absolute atomic E-state index is 12.8. The van der Waals surface area contributed by atoms with Crippen molar-refractivity contribution in [2.24, 2.45) is 7.05 Å². The molecule has 0 fully saturated rings. The lowest BCUT2D eigenvalue weighted by molar-refractivity contribution is 0.103. The summed E-state index contributed by atoms with van der Waals surface area (Å²) >= 11 is 0. The summed E-state index contributed by atoms with van der Waals surface area (Å²) in [6, 6.07) is 8.36. The molecule has 0 bridgehead atoms. The molecule has 0 unspecified atom stereocenters. The number of carbonyl (C=O) groups is 1. The predicted octanol–water partition coefficient (Wildman–Crippen LogP) is 2.68. The molecular weight excluding hydrogens is 320 g/mol. The first-order valence-electron chi connectivity index (χ1n) is 8.02. The Balaban J connectivity index is 2.40. The molecule has 0 amide bonds. The van der Waals surface area contributed by atoms with Gasteiger partial charge in [-0.15, -0.1) is 0 Å². The number of aromatic hydroxyl groups is 1. The summed E-state index contributed by atoms with van der Waals surface area (Å²) in [6.45, 7) is 4.16. The van der Waals surface area contributed by atoms with Crippen molar-refractivity contribution >= 4 is 5.78 Å². The third-order valence-electron chi connectivity index (χ3n) is 4.03. The minimum absolute atomic E-state index is 0.0432. The number of rotatable bonds is 6. The summed E-state index contributed by atoms with van der Waals surface area (Å²) < 4.78 is 6.46. The van der Waals surface area contributed by atoms with Crippen LogP contribution in [0.5, 0.6) is 11.6 Å². The van der Waals surface area contributed by atoms with E-state index in [1.165, 1.54) is 14.0 Å². The number of hydrogen-bond donors (Lipinski definition) is 1. The third kappa shape index (κ3) is 3.56. The molecule has 0 saturated carbocycles. The molecule has 130 valence electrons. The van der Waals surface area contributed by atoms with Gasteiger partial charge in [0.25, 0.3) is 5.56 Å². The average molecular weight is 340 g/mol. The highest BCUT2D eigenvalue weighted by atomic mass is 16.5. The fourth-order valence-electron chi connectivity index (χ4n) is 2.47. The van der Waals surface area contributed by atoms with E-state index in [-0.39, 0.29) is 16.7 Å². The van der Waals surface area contributed by atoms with Gasteiger partial charge in [-0.25, -0.2) is 0 Å². The summed E-state index contributed by atoms with van der Waals surface area (Å²) in [6.07, 6.45) is 1.98. The van der Waals surface area contributed by atoms with E-state index in [9.17, 15) is 14.7 Å². The van der Waals surface area contributed by atoms with E-state index >= 15 is 0 Å². The smallest absolute Gasteiger partial charge is 0.271 e. The first-order chi connectivity index (χ1) is 11.9. The molecule has 0 spiro atoms. The number of carbonyl (C=O) groups excluding carboxylic acids is 1. The summed E-state index contributed by atoms with van der Waals surface area (Å²) in [4.78, 5) is 24.7. The largest absolute Gasteiger partial charge is 0.494 e. The van der Waals surface area contributed by atoms with Gasteiger partial charge in [0.2, 0.25) is 5.88 Å². The lowest BCUT2D eigenvalue weighted by Gasteiger charge is -2.13. The predicted molar refractivity (Wildman–Crippen MR) is 93.1 cm³/mol. The van der Waals surface area contributed by atoms with Gasteiger partial charge in [-0.1, -0.05) is 13.3 Å². The van der Waals surface area contributed by atoms with Crippen molar-refractivity contribution in [3.63, 3.8) is 0 Å². The highest BCUT2D eigenvalue weighted by Crippen LogP contribution is 2.25. The van der Waals surface area contributed by atoms with E-state index in [0.29, 0.717) is 17.9 Å². The zero-order chi connectivity index (χ0) is 18.6. The van der Waals surface area contributed by atoms with Gasteiger partial charge in [0.05, 0.1) is 12.2 Å². The number of nitriles is 1. The van der Waals surface area contributed by atoms with Crippen LogP contribution in [0.4, 0.5) is 0 Å². The molecule has 0 saturated heterocycles. The fourth-order valence-corrected chi connectivity index (χ4v) is 2.47. The quantitative estimate of drug-likeness (QED) is 0.645. The molecule has 2 aromatic rings. The van der Waals surface area contributed by atoms with Crippen molar-refractivity contribution in [2.75, 3.05) is 6.61 Å². The molecular formula is C19H20N2O4. The van der Waals surface area contributed by atoms with Gasteiger partial charge in [0, 0.05) is 12.6 Å². The van der Waals surface area contributed by atoms with E-state index in [2.05, 4.69) is 6.92 Å². The Bertz CT molecular complexity index is 890. The molecule has 1 aromatic heterocycles. The minimum Gasteiger partial charge on any atom is -0.494 e. The second-order valence-electron chi connectivity index (χ2n) is 5.73. The van der Waals surface area contributed by atoms with Crippen molar-refractivity contribution in [3.05, 3.63) is 56.9 Å². The van der Waals surface area contributed by atoms with Crippen molar-refractivity contribution in [2.45, 2.75) is 26.7 Å². The van der Waals surface area contributed by atoms with Crippen LogP contribution in [0.3, 0.4) is 0 Å². The van der Waals surface area contributed by atoms with E-state index in [1.54, 1.807) is 30.3 Å². The second-order valence-corrected chi connectivity index (χ2v) is 5.73. The maximum atomic E-state index is 12.8. The molecule has 6 heteroatoms. The highest BCUT2D eigenvalue weighted by molar-refractivity contribution is 6.11. The van der Waals surface area contributed by atoms with Crippen LogP contribution in [-0.2, 0) is 7.05 Å². The zero-order valence-corrected chi connectivity index (χ0v) is 14.5. The van der Waals surface area contributed by atoms with Crippen molar-refractivity contribution in [1.82, 2.24) is 4.57 Å². The first-order valence-corrected chi connectivity index (χ1v) is 8.02. The molecule has 0 aliphatic heterocycles. The fraction of sp³-hybridized carbons (Fsp3) is 0.316. The number of ketones is 1. The minimum atomic E-state index is -0.631. The second kappa shape index (κ2) is 7.67. The number of unbranched alkanes of at least 4 members (excludes halogenated alkanes) is 1. The summed E-state index contributed by atoms with van der Waals surface area (Å²) in [5, 5.41) is 19.4. The molecule has 25 heavy (non-hydrogen) atoms. The summed E-state index contributed by atoms with van der Waals surface area (Å²) in [5.74, 6) is -0.249. The van der Waals surface area contributed by atoms with Crippen LogP contribution >= 0.6 is 0 Å². The van der Waals surface area contributed by atoms with Gasteiger partial charge < -0.3 is 9.84 Å². The van der Waals surface area contributed by atoms with Gasteiger partial charge in [-0.2, -0.15) is 5.26 Å². The van der Waals surface area contributed by atoms with Gasteiger partial charge >= 0.3 is 0 Å². The molecule has 1 aromatic carbocycles. The Kier molecular flexibility index (Phi) is 5.60. The lowest BCUT2D eigenvalue weighted by Crippen LogP contribution is -2.24. The first kappa shape index (κ1) is 18.3. The Morgan fingerprint density at radius 2 is 1.96 bits per heavy atom. The lowest BCUT2D eigenvalue weighted by atomic mass is 9.97. The van der Waals surface area contributed by atoms with Crippen LogP contribution < -0.4 is 10.3 Å². The van der Waals surface area contributed by atoms with E-state index in [0.717, 1.165) is 17.4 Å². The highest BCUT2D eigenvalue weighted by Gasteiger charge is 2.23. The van der Waals surface area contributed by atoms with Gasteiger partial charge in [0.1, 0.15) is 17.4 Å². The van der Waals surface area contributed by atoms with Gasteiger partial charge in [0.15, 0.2) is 5.78 Å². The molecule has 2 rings (SSSR count). The summed E-state index contributed by atoms with van der Waals surface area (Å²) in [7, 11) is 1.32. The number of hydrogen-bond acceptors (Lipinski definition) is 5. The van der Waals surface area contributed by atoms with Crippen molar-refractivity contribution < 1.29 is 14.6 Å². The molecule has 0 aliphatic carbocycles. The van der Waals surface area contributed by atoms with E-state index < -0.39 is 17.2 Å². The number of nitrogens with zero attached hydrogens (tertiary/aromatic N) is 2. The summed E-state index contributed by atoms with van der Waals surface area (Å²) in [5.41, 5.74) is -0.310. The topological polar surface area (TPSA) is 92.3 Å². The number of benzene rings is 1. The maximum Gasteiger partial charge on any atom is 0.271 e. The monoisotopic (exact) mass is 340 g/mol. The third-order valence-corrected chi connectivity index (χ3v) is 4.03. The van der Waals surface area contributed by atoms with E-state index in [1.807, 2.05) is 0 Å². The standard InChI is InChI=1S/C19H20N2O4/c1-4-5-10-25-14-8-6-13(7-9-14)17(22)16-12(2)15(11-20)18(23)21(3)19(16)24/h6-9,24H,4-5,10H2,1-3H3. The Hall–Kier alpha value is -3.07. The van der Waals surface area contributed by atoms with Gasteiger partial charge in [-0.3, -0.25) is 14.2 Å².